The normalized spacial score (nSPS) is 15.8. The molecule has 71 heavy (non-hydrogen) atoms. The summed E-state index contributed by atoms with van der Waals surface area (Å²) in [6, 6.07) is 34.7. The number of para-hydroxylation sites is 2. The molecule has 0 bridgehead atoms. The smallest absolute Gasteiger partial charge is 0.246 e. The highest BCUT2D eigenvalue weighted by molar-refractivity contribution is 5.99. The van der Waals surface area contributed by atoms with Crippen LogP contribution in [0.2, 0.25) is 0 Å². The summed E-state index contributed by atoms with van der Waals surface area (Å²) in [5, 5.41) is 11.3. The first-order valence-electron chi connectivity index (χ1n) is 23.3. The molecule has 2 fully saturated rings. The van der Waals surface area contributed by atoms with E-state index >= 15 is 0 Å². The van der Waals surface area contributed by atoms with E-state index in [0.717, 1.165) is 72.9 Å². The minimum atomic E-state index is -0.0699. The Morgan fingerprint density at radius 2 is 1.06 bits per heavy atom. The minimum Gasteiger partial charge on any atom is -0.457 e. The Bertz CT molecular complexity index is 3120. The molecule has 2 amide bonds. The molecule has 2 aliphatic heterocycles. The van der Waals surface area contributed by atoms with E-state index in [1.54, 1.807) is 11.0 Å². The number of aromatic nitrogens is 8. The molecule has 6 heterocycles. The number of piperidine rings is 2. The second kappa shape index (κ2) is 22.3. The Morgan fingerprint density at radius 1 is 0.634 bits per heavy atom. The molecular formula is C54H59N13O4. The third-order valence-corrected chi connectivity index (χ3v) is 12.3. The molecule has 2 unspecified atom stereocenters. The lowest BCUT2D eigenvalue weighted by Crippen LogP contribution is -2.40. The number of ether oxygens (including phenoxy) is 2. The molecule has 2 saturated heterocycles. The average Bonchev–Trinajstić information content (AvgIpc) is 3.99. The minimum absolute atomic E-state index is 0. The van der Waals surface area contributed by atoms with Gasteiger partial charge in [-0.05, 0) is 119 Å². The van der Waals surface area contributed by atoms with Crippen LogP contribution >= 0.6 is 0 Å². The maximum atomic E-state index is 12.8. The zero-order valence-electron chi connectivity index (χ0n) is 39.2. The van der Waals surface area contributed by atoms with Crippen molar-refractivity contribution in [1.82, 2.24) is 54.2 Å². The monoisotopic (exact) mass is 953 g/mol. The predicted octanol–water partition coefficient (Wildman–Crippen LogP) is 9.00. The van der Waals surface area contributed by atoms with Gasteiger partial charge in [-0.2, -0.15) is 10.2 Å². The molecule has 4 aromatic carbocycles. The number of anilines is 2. The summed E-state index contributed by atoms with van der Waals surface area (Å²) in [5.74, 6) is 3.71. The molecule has 364 valence electrons. The lowest BCUT2D eigenvalue weighted by molar-refractivity contribution is -0.128. The number of carbonyl (C=O) groups is 2. The Hall–Kier alpha value is -8.44. The Kier molecular flexibility index (Phi) is 15.4. The van der Waals surface area contributed by atoms with Crippen LogP contribution < -0.4 is 20.9 Å². The maximum absolute atomic E-state index is 12.8. The van der Waals surface area contributed by atoms with Gasteiger partial charge in [0.15, 0.2) is 11.3 Å². The quantitative estimate of drug-likeness (QED) is 0.110. The number of amides is 2. The SMILES string of the molecule is C.C=CC(=O)N1CCCC(n2nc(-c3ccc(Oc4ccccc4)cc3)c3c(N)ncnc32)C1.CN(C)C/C=C/C(=O)N1CCCC(n2nc(-c3ccc(Oc4ccccc4)cc3)c3c(N)ncnc32)C1. The van der Waals surface area contributed by atoms with Gasteiger partial charge in [-0.3, -0.25) is 9.59 Å². The second-order valence-corrected chi connectivity index (χ2v) is 17.4. The van der Waals surface area contributed by atoms with Crippen molar-refractivity contribution in [3.63, 3.8) is 0 Å². The second-order valence-electron chi connectivity index (χ2n) is 17.4. The van der Waals surface area contributed by atoms with E-state index in [0.29, 0.717) is 64.7 Å². The fraction of sp³-hybridized carbons (Fsp3) is 0.259. The third kappa shape index (κ3) is 11.2. The number of hydrogen-bond acceptors (Lipinski definition) is 13. The van der Waals surface area contributed by atoms with E-state index in [2.05, 4.69) is 26.5 Å². The number of fused-ring (bicyclic) bond motifs is 2. The first kappa shape index (κ1) is 49.0. The summed E-state index contributed by atoms with van der Waals surface area (Å²) in [6.07, 6.45) is 11.4. The number of nitrogens with zero attached hydrogens (tertiary/aromatic N) is 11. The van der Waals surface area contributed by atoms with Gasteiger partial charge >= 0.3 is 0 Å². The van der Waals surface area contributed by atoms with E-state index in [9.17, 15) is 9.59 Å². The largest absolute Gasteiger partial charge is 0.457 e. The Labute approximate surface area is 413 Å². The molecule has 10 rings (SSSR count). The zero-order chi connectivity index (χ0) is 48.6. The molecule has 0 saturated carbocycles. The fourth-order valence-electron chi connectivity index (χ4n) is 8.82. The zero-order valence-corrected chi connectivity index (χ0v) is 39.2. The van der Waals surface area contributed by atoms with Gasteiger partial charge in [0.1, 0.15) is 58.7 Å². The molecule has 2 atom stereocenters. The Balaban J connectivity index is 0.000000189. The van der Waals surface area contributed by atoms with E-state index in [-0.39, 0.29) is 31.3 Å². The number of likely N-dealkylation sites (tertiary alicyclic amines) is 2. The number of hydrogen-bond donors (Lipinski definition) is 2. The standard InChI is InChI=1S/C28H31N7O2.C25H24N6O2.CH4/c1-33(2)16-7-11-24(36)34-17-6-8-21(18-34)35-28-25(27(29)30-19-31-28)26(32-35)20-12-14-23(15-13-20)37-22-9-4-3-5-10-22;1-2-21(32)30-14-6-7-18(15-30)31-25-22(24(26)27-16-28-25)23(29-31)17-10-12-20(13-11-17)33-19-8-4-3-5-9-19;/h3-5,7,9-15,19,21H,6,8,16-18H2,1-2H3,(H2,29,30,31);2-5,8-13,16,18H,1,6-7,14-15H2,(H2,26,27,28);1H4/b11-7+;;. The van der Waals surface area contributed by atoms with Crippen LogP contribution in [-0.2, 0) is 9.59 Å². The fourth-order valence-corrected chi connectivity index (χ4v) is 8.82. The summed E-state index contributed by atoms with van der Waals surface area (Å²) in [7, 11) is 3.95. The molecule has 0 aliphatic carbocycles. The van der Waals surface area contributed by atoms with Crippen LogP contribution in [-0.4, -0.2) is 113 Å². The molecule has 4 aromatic heterocycles. The average molecular weight is 954 g/mol. The van der Waals surface area contributed by atoms with E-state index in [1.807, 2.05) is 149 Å². The maximum Gasteiger partial charge on any atom is 0.246 e. The van der Waals surface area contributed by atoms with Crippen LogP contribution in [0.4, 0.5) is 11.6 Å². The van der Waals surface area contributed by atoms with Gasteiger partial charge in [0.2, 0.25) is 11.8 Å². The van der Waals surface area contributed by atoms with Crippen LogP contribution in [0.1, 0.15) is 45.2 Å². The van der Waals surface area contributed by atoms with Crippen molar-refractivity contribution < 1.29 is 19.1 Å². The summed E-state index contributed by atoms with van der Waals surface area (Å²) >= 11 is 0. The third-order valence-electron chi connectivity index (χ3n) is 12.3. The molecule has 17 nitrogen and oxygen atoms in total. The highest BCUT2D eigenvalue weighted by Crippen LogP contribution is 2.37. The lowest BCUT2D eigenvalue weighted by atomic mass is 10.1. The van der Waals surface area contributed by atoms with Crippen molar-refractivity contribution >= 4 is 45.5 Å². The van der Waals surface area contributed by atoms with E-state index < -0.39 is 0 Å². The molecule has 2 aliphatic rings. The summed E-state index contributed by atoms with van der Waals surface area (Å²) in [5.41, 5.74) is 17.1. The van der Waals surface area contributed by atoms with Crippen molar-refractivity contribution in [1.29, 1.82) is 0 Å². The lowest BCUT2D eigenvalue weighted by Gasteiger charge is -2.32. The van der Waals surface area contributed by atoms with Crippen molar-refractivity contribution in [2.24, 2.45) is 0 Å². The van der Waals surface area contributed by atoms with E-state index in [1.165, 1.54) is 18.7 Å². The molecule has 17 heteroatoms. The summed E-state index contributed by atoms with van der Waals surface area (Å²) in [4.78, 5) is 48.1. The van der Waals surface area contributed by atoms with Crippen molar-refractivity contribution in [2.75, 3.05) is 58.3 Å². The highest BCUT2D eigenvalue weighted by Gasteiger charge is 2.30. The molecule has 0 spiro atoms. The molecule has 8 aromatic rings. The molecule has 4 N–H and O–H groups in total. The van der Waals surface area contributed by atoms with Gasteiger partial charge in [-0.15, -0.1) is 0 Å². The van der Waals surface area contributed by atoms with E-state index in [4.69, 9.17) is 31.1 Å². The number of rotatable bonds is 12. The van der Waals surface area contributed by atoms with Crippen LogP contribution in [0, 0.1) is 0 Å². The summed E-state index contributed by atoms with van der Waals surface area (Å²) < 4.78 is 15.6. The number of carbonyl (C=O) groups excluding carboxylic acids is 2. The van der Waals surface area contributed by atoms with Crippen LogP contribution in [0.5, 0.6) is 23.0 Å². The number of nitrogens with two attached hydrogens (primary N) is 2. The van der Waals surface area contributed by atoms with Gasteiger partial charge in [-0.1, -0.05) is 56.5 Å². The first-order valence-corrected chi connectivity index (χ1v) is 23.3. The van der Waals surface area contributed by atoms with Gasteiger partial charge in [0, 0.05) is 49.9 Å². The van der Waals surface area contributed by atoms with Crippen LogP contribution in [0.15, 0.2) is 147 Å². The topological polar surface area (TPSA) is 202 Å². The number of nitrogen functional groups attached to an aromatic ring is 2. The number of benzene rings is 4. The van der Waals surface area contributed by atoms with Crippen molar-refractivity contribution in [3.05, 3.63) is 147 Å². The van der Waals surface area contributed by atoms with Crippen LogP contribution in [0.25, 0.3) is 44.6 Å². The van der Waals surface area contributed by atoms with Gasteiger partial charge in [0.25, 0.3) is 0 Å². The molecular weight excluding hydrogens is 895 g/mol. The first-order chi connectivity index (χ1) is 34.1. The van der Waals surface area contributed by atoms with Gasteiger partial charge in [-0.25, -0.2) is 29.3 Å². The van der Waals surface area contributed by atoms with Crippen molar-refractivity contribution in [3.8, 4) is 45.5 Å². The van der Waals surface area contributed by atoms with Crippen LogP contribution in [0.3, 0.4) is 0 Å². The van der Waals surface area contributed by atoms with Crippen molar-refractivity contribution in [2.45, 2.75) is 45.2 Å². The van der Waals surface area contributed by atoms with Gasteiger partial charge in [0.05, 0.1) is 22.9 Å². The predicted molar refractivity (Wildman–Crippen MR) is 278 cm³/mol. The number of likely N-dealkylation sites (N-methyl/N-ethyl adjacent to an activating group) is 1. The molecule has 0 radical (unpaired) electrons. The Morgan fingerprint density at radius 3 is 1.48 bits per heavy atom. The van der Waals surface area contributed by atoms with Gasteiger partial charge < -0.3 is 35.6 Å². The highest BCUT2D eigenvalue weighted by atomic mass is 16.5. The summed E-state index contributed by atoms with van der Waals surface area (Å²) in [6.45, 7) is 6.90.